The van der Waals surface area contributed by atoms with Gasteiger partial charge in [-0.3, -0.25) is 0 Å². The van der Waals surface area contributed by atoms with Gasteiger partial charge in [0.15, 0.2) is 0 Å². The molecule has 0 aliphatic heterocycles. The van der Waals surface area contributed by atoms with Crippen LogP contribution in [-0.2, 0) is 6.42 Å². The van der Waals surface area contributed by atoms with E-state index in [2.05, 4.69) is 11.1 Å². The molecule has 2 rings (SSSR count). The first-order valence-electron chi connectivity index (χ1n) is 4.21. The molecule has 0 saturated heterocycles. The van der Waals surface area contributed by atoms with Crippen molar-refractivity contribution in [3.63, 3.8) is 0 Å². The summed E-state index contributed by atoms with van der Waals surface area (Å²) in [6.45, 7) is 0. The Kier molecular flexibility index (Phi) is 2.67. The van der Waals surface area contributed by atoms with Gasteiger partial charge in [-0.1, -0.05) is 11.6 Å². The number of thiazole rings is 1. The van der Waals surface area contributed by atoms with Crippen LogP contribution >= 0.6 is 22.9 Å². The lowest BCUT2D eigenvalue weighted by molar-refractivity contribution is 0.996. The third kappa shape index (κ3) is 1.87. The first kappa shape index (κ1) is 9.45. The average molecular weight is 223 g/mol. The summed E-state index contributed by atoms with van der Waals surface area (Å²) in [5.41, 5.74) is 0.926. The molecule has 0 bridgehead atoms. The van der Waals surface area contributed by atoms with E-state index >= 15 is 0 Å². The van der Waals surface area contributed by atoms with Crippen LogP contribution in [0.25, 0.3) is 10.2 Å². The Morgan fingerprint density at radius 2 is 2.36 bits per heavy atom. The summed E-state index contributed by atoms with van der Waals surface area (Å²) in [5.74, 6) is 0. The Hall–Kier alpha value is -1.11. The summed E-state index contributed by atoms with van der Waals surface area (Å²) in [6.07, 6.45) is 1.25. The van der Waals surface area contributed by atoms with Gasteiger partial charge in [-0.25, -0.2) is 4.98 Å². The monoisotopic (exact) mass is 222 g/mol. The van der Waals surface area contributed by atoms with E-state index in [0.717, 1.165) is 21.6 Å². The van der Waals surface area contributed by atoms with Gasteiger partial charge >= 0.3 is 0 Å². The van der Waals surface area contributed by atoms with Crippen LogP contribution in [0, 0.1) is 11.3 Å². The van der Waals surface area contributed by atoms with Crippen molar-refractivity contribution in [2.24, 2.45) is 0 Å². The fourth-order valence-electron chi connectivity index (χ4n) is 1.22. The Labute approximate surface area is 90.8 Å². The molecule has 1 heterocycles. The smallest absolute Gasteiger partial charge is 0.0948 e. The standard InChI is InChI=1S/C10H7ClN2S/c11-7-3-4-9-8(6-7)13-10(14-9)2-1-5-12/h3-4,6H,1-2H2. The van der Waals surface area contributed by atoms with Gasteiger partial charge in [-0.2, -0.15) is 5.26 Å². The molecule has 2 aromatic rings. The minimum atomic E-state index is 0.521. The molecule has 1 aromatic heterocycles. The topological polar surface area (TPSA) is 36.7 Å². The average Bonchev–Trinajstić information content (AvgIpc) is 2.56. The van der Waals surface area contributed by atoms with E-state index in [9.17, 15) is 0 Å². The molecule has 0 atom stereocenters. The Bertz CT molecular complexity index is 498. The van der Waals surface area contributed by atoms with E-state index in [1.54, 1.807) is 11.3 Å². The van der Waals surface area contributed by atoms with Crippen LogP contribution in [0.15, 0.2) is 18.2 Å². The van der Waals surface area contributed by atoms with Gasteiger partial charge in [0, 0.05) is 17.9 Å². The summed E-state index contributed by atoms with van der Waals surface area (Å²) in [6, 6.07) is 7.78. The number of aromatic nitrogens is 1. The highest BCUT2D eigenvalue weighted by Crippen LogP contribution is 2.25. The molecule has 0 saturated carbocycles. The van der Waals surface area contributed by atoms with E-state index in [0.29, 0.717) is 11.4 Å². The Morgan fingerprint density at radius 1 is 1.50 bits per heavy atom. The lowest BCUT2D eigenvalue weighted by Crippen LogP contribution is -1.79. The third-order valence-electron chi connectivity index (χ3n) is 1.84. The van der Waals surface area contributed by atoms with Crippen LogP contribution in [0.5, 0.6) is 0 Å². The van der Waals surface area contributed by atoms with Crippen molar-refractivity contribution >= 4 is 33.2 Å². The van der Waals surface area contributed by atoms with Crippen molar-refractivity contribution in [1.29, 1.82) is 5.26 Å². The van der Waals surface area contributed by atoms with Crippen LogP contribution in [0.4, 0.5) is 0 Å². The number of hydrogen-bond acceptors (Lipinski definition) is 3. The normalized spacial score (nSPS) is 10.3. The molecule has 0 spiro atoms. The number of aryl methyl sites for hydroxylation is 1. The maximum atomic E-state index is 8.45. The molecular weight excluding hydrogens is 216 g/mol. The second kappa shape index (κ2) is 3.95. The zero-order valence-corrected chi connectivity index (χ0v) is 8.90. The van der Waals surface area contributed by atoms with Crippen molar-refractivity contribution in [2.45, 2.75) is 12.8 Å². The highest BCUT2D eigenvalue weighted by Gasteiger charge is 2.03. The van der Waals surface area contributed by atoms with E-state index < -0.39 is 0 Å². The summed E-state index contributed by atoms with van der Waals surface area (Å²) in [5, 5.41) is 10.2. The molecule has 2 nitrogen and oxygen atoms in total. The SMILES string of the molecule is N#CCCc1nc2cc(Cl)ccc2s1. The molecule has 14 heavy (non-hydrogen) atoms. The number of halogens is 1. The first-order valence-corrected chi connectivity index (χ1v) is 5.41. The molecular formula is C10H7ClN2S. The van der Waals surface area contributed by atoms with Crippen LogP contribution in [0.1, 0.15) is 11.4 Å². The van der Waals surface area contributed by atoms with Gasteiger partial charge < -0.3 is 0 Å². The fraction of sp³-hybridized carbons (Fsp3) is 0.200. The molecule has 0 amide bonds. The fourth-order valence-corrected chi connectivity index (χ4v) is 2.33. The zero-order valence-electron chi connectivity index (χ0n) is 7.33. The highest BCUT2D eigenvalue weighted by atomic mass is 35.5. The molecule has 4 heteroatoms. The van der Waals surface area contributed by atoms with Crippen LogP contribution in [0.3, 0.4) is 0 Å². The van der Waals surface area contributed by atoms with Crippen LogP contribution in [-0.4, -0.2) is 4.98 Å². The third-order valence-corrected chi connectivity index (χ3v) is 3.18. The Morgan fingerprint density at radius 3 is 3.14 bits per heavy atom. The van der Waals surface area contributed by atoms with Gasteiger partial charge in [0.05, 0.1) is 21.3 Å². The molecule has 0 fully saturated rings. The molecule has 0 aliphatic carbocycles. The number of nitriles is 1. The van der Waals surface area contributed by atoms with Crippen LogP contribution in [0.2, 0.25) is 5.02 Å². The summed E-state index contributed by atoms with van der Waals surface area (Å²) < 4.78 is 1.13. The Balaban J connectivity index is 2.37. The number of fused-ring (bicyclic) bond motifs is 1. The van der Waals surface area contributed by atoms with Crippen LogP contribution < -0.4 is 0 Å². The molecule has 0 unspecified atom stereocenters. The predicted octanol–water partition coefficient (Wildman–Crippen LogP) is 3.41. The van der Waals surface area contributed by atoms with Crippen molar-refractivity contribution < 1.29 is 0 Å². The molecule has 1 aromatic carbocycles. The first-order chi connectivity index (χ1) is 6.79. The van der Waals surface area contributed by atoms with Gasteiger partial charge in [-0.15, -0.1) is 11.3 Å². The molecule has 0 N–H and O–H groups in total. The summed E-state index contributed by atoms with van der Waals surface area (Å²) >= 11 is 7.47. The molecule has 0 radical (unpaired) electrons. The molecule has 70 valence electrons. The van der Waals surface area contributed by atoms with E-state index in [1.807, 2.05) is 18.2 Å². The summed E-state index contributed by atoms with van der Waals surface area (Å²) in [4.78, 5) is 4.39. The second-order valence-corrected chi connectivity index (χ2v) is 4.43. The van der Waals surface area contributed by atoms with Crippen molar-refractivity contribution in [3.8, 4) is 6.07 Å². The van der Waals surface area contributed by atoms with Gasteiger partial charge in [0.1, 0.15) is 0 Å². The second-order valence-electron chi connectivity index (χ2n) is 2.88. The zero-order chi connectivity index (χ0) is 9.97. The predicted molar refractivity (Wildman–Crippen MR) is 58.6 cm³/mol. The molecule has 0 aliphatic rings. The van der Waals surface area contributed by atoms with Gasteiger partial charge in [0.25, 0.3) is 0 Å². The quantitative estimate of drug-likeness (QED) is 0.781. The lowest BCUT2D eigenvalue weighted by atomic mass is 10.3. The van der Waals surface area contributed by atoms with Gasteiger partial charge in [-0.05, 0) is 18.2 Å². The van der Waals surface area contributed by atoms with Gasteiger partial charge in [0.2, 0.25) is 0 Å². The maximum Gasteiger partial charge on any atom is 0.0948 e. The highest BCUT2D eigenvalue weighted by molar-refractivity contribution is 7.18. The summed E-state index contributed by atoms with van der Waals surface area (Å²) in [7, 11) is 0. The van der Waals surface area contributed by atoms with Crippen molar-refractivity contribution in [2.75, 3.05) is 0 Å². The number of rotatable bonds is 2. The van der Waals surface area contributed by atoms with Crippen molar-refractivity contribution in [3.05, 3.63) is 28.2 Å². The number of nitrogens with zero attached hydrogens (tertiary/aromatic N) is 2. The van der Waals surface area contributed by atoms with Crippen molar-refractivity contribution in [1.82, 2.24) is 4.98 Å². The van der Waals surface area contributed by atoms with E-state index in [1.165, 1.54) is 0 Å². The van der Waals surface area contributed by atoms with E-state index in [4.69, 9.17) is 16.9 Å². The number of hydrogen-bond donors (Lipinski definition) is 0. The largest absolute Gasteiger partial charge is 0.241 e. The minimum absolute atomic E-state index is 0.521. The maximum absolute atomic E-state index is 8.45. The minimum Gasteiger partial charge on any atom is -0.241 e. The lowest BCUT2D eigenvalue weighted by Gasteiger charge is -1.86. The van der Waals surface area contributed by atoms with E-state index in [-0.39, 0.29) is 0 Å². The number of benzene rings is 1.